The molecule has 0 saturated heterocycles. The first kappa shape index (κ1) is 19.5. The summed E-state index contributed by atoms with van der Waals surface area (Å²) in [4.78, 5) is 11.9. The molecule has 0 aliphatic carbocycles. The lowest BCUT2D eigenvalue weighted by atomic mass is 9.87. The van der Waals surface area contributed by atoms with Crippen LogP contribution in [0.2, 0.25) is 0 Å². The van der Waals surface area contributed by atoms with Crippen molar-refractivity contribution in [1.82, 2.24) is 5.32 Å². The molecular formula is C15H25ClN2O3. The zero-order valence-electron chi connectivity index (χ0n) is 13.2. The molecule has 1 rings (SSSR count). The summed E-state index contributed by atoms with van der Waals surface area (Å²) < 4.78 is 10.4. The second kappa shape index (κ2) is 8.10. The first-order valence-corrected chi connectivity index (χ1v) is 6.53. The van der Waals surface area contributed by atoms with Crippen LogP contribution in [0.1, 0.15) is 26.3 Å². The van der Waals surface area contributed by atoms with Crippen LogP contribution in [0.4, 0.5) is 0 Å². The Balaban J connectivity index is 0.00000400. The van der Waals surface area contributed by atoms with Crippen LogP contribution in [0.25, 0.3) is 0 Å². The van der Waals surface area contributed by atoms with Crippen molar-refractivity contribution in [3.8, 4) is 11.5 Å². The Hall–Kier alpha value is -1.46. The van der Waals surface area contributed by atoms with E-state index in [1.807, 2.05) is 39.0 Å². The lowest BCUT2D eigenvalue weighted by Crippen LogP contribution is -2.48. The Bertz CT molecular complexity index is 472. The van der Waals surface area contributed by atoms with E-state index < -0.39 is 6.04 Å². The molecule has 1 aromatic rings. The van der Waals surface area contributed by atoms with E-state index in [0.717, 1.165) is 5.56 Å². The lowest BCUT2D eigenvalue weighted by Gasteiger charge is -2.25. The highest BCUT2D eigenvalue weighted by Gasteiger charge is 2.27. The molecule has 0 radical (unpaired) electrons. The van der Waals surface area contributed by atoms with Gasteiger partial charge in [0.15, 0.2) is 11.5 Å². The van der Waals surface area contributed by atoms with Gasteiger partial charge in [0.1, 0.15) is 0 Å². The summed E-state index contributed by atoms with van der Waals surface area (Å²) in [6.07, 6.45) is 0. The third-order valence-corrected chi connectivity index (χ3v) is 3.13. The maximum Gasteiger partial charge on any atom is 0.237 e. The average molecular weight is 317 g/mol. The van der Waals surface area contributed by atoms with Crippen LogP contribution in [-0.2, 0) is 11.3 Å². The van der Waals surface area contributed by atoms with Crippen LogP contribution in [0.5, 0.6) is 11.5 Å². The molecular weight excluding hydrogens is 292 g/mol. The van der Waals surface area contributed by atoms with Gasteiger partial charge in [-0.1, -0.05) is 26.8 Å². The number of nitrogens with one attached hydrogen (secondary N) is 1. The van der Waals surface area contributed by atoms with Gasteiger partial charge in [-0.15, -0.1) is 12.4 Å². The summed E-state index contributed by atoms with van der Waals surface area (Å²) in [7, 11) is 3.16. The molecule has 0 saturated carbocycles. The van der Waals surface area contributed by atoms with Crippen molar-refractivity contribution in [2.24, 2.45) is 11.1 Å². The summed E-state index contributed by atoms with van der Waals surface area (Å²) >= 11 is 0. The van der Waals surface area contributed by atoms with Gasteiger partial charge in [-0.2, -0.15) is 0 Å². The Morgan fingerprint density at radius 1 is 1.24 bits per heavy atom. The second-order valence-corrected chi connectivity index (χ2v) is 5.75. The van der Waals surface area contributed by atoms with E-state index in [4.69, 9.17) is 15.2 Å². The SMILES string of the molecule is COc1ccc(CNC(=O)[C@@H](N)C(C)(C)C)cc1OC.Cl. The van der Waals surface area contributed by atoms with Crippen molar-refractivity contribution in [3.63, 3.8) is 0 Å². The number of hydrogen-bond donors (Lipinski definition) is 2. The number of hydrogen-bond acceptors (Lipinski definition) is 4. The summed E-state index contributed by atoms with van der Waals surface area (Å²) in [5, 5.41) is 2.83. The van der Waals surface area contributed by atoms with Crippen molar-refractivity contribution < 1.29 is 14.3 Å². The van der Waals surface area contributed by atoms with Crippen molar-refractivity contribution in [2.75, 3.05) is 14.2 Å². The lowest BCUT2D eigenvalue weighted by molar-refractivity contribution is -0.124. The molecule has 5 nitrogen and oxygen atoms in total. The van der Waals surface area contributed by atoms with Crippen molar-refractivity contribution >= 4 is 18.3 Å². The van der Waals surface area contributed by atoms with E-state index in [1.54, 1.807) is 14.2 Å². The maximum atomic E-state index is 11.9. The zero-order chi connectivity index (χ0) is 15.3. The number of methoxy groups -OCH3 is 2. The maximum absolute atomic E-state index is 11.9. The third-order valence-electron chi connectivity index (χ3n) is 3.13. The van der Waals surface area contributed by atoms with Gasteiger partial charge in [0.05, 0.1) is 20.3 Å². The molecule has 1 aromatic carbocycles. The van der Waals surface area contributed by atoms with Gasteiger partial charge >= 0.3 is 0 Å². The third kappa shape index (κ3) is 5.44. The standard InChI is InChI=1S/C15H24N2O3.ClH/c1-15(2,3)13(16)14(18)17-9-10-6-7-11(19-4)12(8-10)20-5;/h6-8,13H,9,16H2,1-5H3,(H,17,18);1H/t13-;/m1./s1. The van der Waals surface area contributed by atoms with Crippen LogP contribution < -0.4 is 20.5 Å². The fourth-order valence-electron chi connectivity index (χ4n) is 1.68. The molecule has 6 heteroatoms. The zero-order valence-corrected chi connectivity index (χ0v) is 14.0. The number of carbonyl (C=O) groups excluding carboxylic acids is 1. The first-order valence-electron chi connectivity index (χ1n) is 6.53. The normalized spacial score (nSPS) is 12.1. The predicted octanol–water partition coefficient (Wildman–Crippen LogP) is 2.12. The predicted molar refractivity (Wildman–Crippen MR) is 86.1 cm³/mol. The Morgan fingerprint density at radius 2 is 1.81 bits per heavy atom. The van der Waals surface area contributed by atoms with Gasteiger partial charge < -0.3 is 20.5 Å². The molecule has 3 N–H and O–H groups in total. The topological polar surface area (TPSA) is 73.6 Å². The highest BCUT2D eigenvalue weighted by Crippen LogP contribution is 2.27. The molecule has 0 aromatic heterocycles. The van der Waals surface area contributed by atoms with Gasteiger partial charge in [0.2, 0.25) is 5.91 Å². The number of nitrogens with two attached hydrogens (primary N) is 1. The van der Waals surface area contributed by atoms with Gasteiger partial charge in [-0.05, 0) is 23.1 Å². The molecule has 0 heterocycles. The van der Waals surface area contributed by atoms with Gasteiger partial charge in [-0.25, -0.2) is 0 Å². The highest BCUT2D eigenvalue weighted by atomic mass is 35.5. The van der Waals surface area contributed by atoms with E-state index in [-0.39, 0.29) is 23.7 Å². The molecule has 1 amide bonds. The molecule has 0 bridgehead atoms. The molecule has 0 spiro atoms. The molecule has 0 aliphatic heterocycles. The number of amides is 1. The van der Waals surface area contributed by atoms with E-state index in [9.17, 15) is 4.79 Å². The minimum absolute atomic E-state index is 0. The second-order valence-electron chi connectivity index (χ2n) is 5.75. The Labute approximate surface area is 132 Å². The molecule has 120 valence electrons. The van der Waals surface area contributed by atoms with E-state index in [1.165, 1.54) is 0 Å². The number of carbonyl (C=O) groups is 1. The van der Waals surface area contributed by atoms with E-state index in [0.29, 0.717) is 18.0 Å². The number of halogens is 1. The van der Waals surface area contributed by atoms with Crippen LogP contribution in [0.3, 0.4) is 0 Å². The van der Waals surface area contributed by atoms with Gasteiger partial charge in [0, 0.05) is 6.54 Å². The largest absolute Gasteiger partial charge is 0.493 e. The number of rotatable bonds is 5. The van der Waals surface area contributed by atoms with E-state index in [2.05, 4.69) is 5.32 Å². The minimum Gasteiger partial charge on any atom is -0.493 e. The summed E-state index contributed by atoms with van der Waals surface area (Å²) in [5.74, 6) is 1.14. The van der Waals surface area contributed by atoms with Crippen LogP contribution in [0.15, 0.2) is 18.2 Å². The van der Waals surface area contributed by atoms with Crippen LogP contribution in [0, 0.1) is 5.41 Å². The fourth-order valence-corrected chi connectivity index (χ4v) is 1.68. The summed E-state index contributed by atoms with van der Waals surface area (Å²) in [6.45, 7) is 6.22. The van der Waals surface area contributed by atoms with Crippen LogP contribution >= 0.6 is 12.4 Å². The summed E-state index contributed by atoms with van der Waals surface area (Å²) in [5.41, 5.74) is 6.57. The average Bonchev–Trinajstić information content (AvgIpc) is 2.42. The highest BCUT2D eigenvalue weighted by molar-refractivity contribution is 5.85. The molecule has 1 atom stereocenters. The molecule has 0 aliphatic rings. The summed E-state index contributed by atoms with van der Waals surface area (Å²) in [6, 6.07) is 4.98. The fraction of sp³-hybridized carbons (Fsp3) is 0.533. The Morgan fingerprint density at radius 3 is 2.29 bits per heavy atom. The van der Waals surface area contributed by atoms with Crippen molar-refractivity contribution in [2.45, 2.75) is 33.4 Å². The van der Waals surface area contributed by atoms with Crippen molar-refractivity contribution in [3.05, 3.63) is 23.8 Å². The monoisotopic (exact) mass is 316 g/mol. The van der Waals surface area contributed by atoms with Crippen LogP contribution in [-0.4, -0.2) is 26.2 Å². The smallest absolute Gasteiger partial charge is 0.237 e. The molecule has 0 fully saturated rings. The first-order chi connectivity index (χ1) is 9.29. The Kier molecular flexibility index (Phi) is 7.53. The quantitative estimate of drug-likeness (QED) is 0.872. The number of benzene rings is 1. The number of ether oxygens (including phenoxy) is 2. The van der Waals surface area contributed by atoms with Gasteiger partial charge in [-0.3, -0.25) is 4.79 Å². The molecule has 21 heavy (non-hydrogen) atoms. The van der Waals surface area contributed by atoms with E-state index >= 15 is 0 Å². The minimum atomic E-state index is -0.539. The molecule has 0 unspecified atom stereocenters. The van der Waals surface area contributed by atoms with Gasteiger partial charge in [0.25, 0.3) is 0 Å². The van der Waals surface area contributed by atoms with Crippen molar-refractivity contribution in [1.29, 1.82) is 0 Å².